The molecule has 0 fully saturated rings. The number of hydrogen-bond acceptors (Lipinski definition) is 4. The Hall–Kier alpha value is -0.520. The van der Waals surface area contributed by atoms with Crippen LogP contribution >= 0.6 is 10.8 Å². The average Bonchev–Trinajstić information content (AvgIpc) is 2.39. The Morgan fingerprint density at radius 3 is 2.21 bits per heavy atom. The number of benzene rings is 1. The summed E-state index contributed by atoms with van der Waals surface area (Å²) in [7, 11) is -2.14. The molecular weight excluding hydrogens is 278 g/mol. The predicted octanol–water partition coefficient (Wildman–Crippen LogP) is 3.15. The van der Waals surface area contributed by atoms with Crippen molar-refractivity contribution in [1.82, 2.24) is 4.90 Å². The van der Waals surface area contributed by atoms with Crippen LogP contribution in [0.3, 0.4) is 0 Å². The lowest BCUT2D eigenvalue weighted by Gasteiger charge is -2.17. The van der Waals surface area contributed by atoms with E-state index in [4.69, 9.17) is 0 Å². The molecule has 0 heterocycles. The van der Waals surface area contributed by atoms with Gasteiger partial charge in [0.15, 0.2) is 0 Å². The summed E-state index contributed by atoms with van der Waals surface area (Å²) in [5.41, 5.74) is 1.07. The van der Waals surface area contributed by atoms with Gasteiger partial charge in [-0.1, -0.05) is 31.5 Å². The second kappa shape index (κ2) is 7.92. The fourth-order valence-corrected chi connectivity index (χ4v) is 4.59. The molecule has 0 saturated carbocycles. The number of aryl methyl sites for hydroxylation is 1. The zero-order valence-electron chi connectivity index (χ0n) is 11.9. The normalized spacial score (nSPS) is 12.0. The third-order valence-electron chi connectivity index (χ3n) is 3.06. The Morgan fingerprint density at radius 2 is 1.68 bits per heavy atom. The highest BCUT2D eigenvalue weighted by atomic mass is 33.1. The van der Waals surface area contributed by atoms with E-state index in [9.17, 15) is 8.42 Å². The van der Waals surface area contributed by atoms with Crippen molar-refractivity contribution in [2.75, 3.05) is 25.4 Å². The topological polar surface area (TPSA) is 37.4 Å². The molecule has 5 heteroatoms. The predicted molar refractivity (Wildman–Crippen MR) is 83.2 cm³/mol. The van der Waals surface area contributed by atoms with Crippen LogP contribution in [0.2, 0.25) is 0 Å². The van der Waals surface area contributed by atoms with Gasteiger partial charge in [0.2, 0.25) is 8.87 Å². The summed E-state index contributed by atoms with van der Waals surface area (Å²) in [4.78, 5) is 2.71. The first kappa shape index (κ1) is 16.5. The van der Waals surface area contributed by atoms with Gasteiger partial charge in [-0.3, -0.25) is 0 Å². The summed E-state index contributed by atoms with van der Waals surface area (Å²) < 4.78 is 24.2. The summed E-state index contributed by atoms with van der Waals surface area (Å²) in [6, 6.07) is 7.04. The van der Waals surface area contributed by atoms with Crippen LogP contribution in [0.25, 0.3) is 0 Å². The van der Waals surface area contributed by atoms with E-state index in [1.54, 1.807) is 12.1 Å². The van der Waals surface area contributed by atoms with E-state index >= 15 is 0 Å². The van der Waals surface area contributed by atoms with Crippen LogP contribution in [0.4, 0.5) is 0 Å². The van der Waals surface area contributed by atoms with E-state index in [-0.39, 0.29) is 0 Å². The first-order chi connectivity index (χ1) is 8.99. The molecule has 0 aromatic heterocycles. The molecule has 108 valence electrons. The smallest absolute Gasteiger partial charge is 0.229 e. The van der Waals surface area contributed by atoms with Crippen LogP contribution in [-0.4, -0.2) is 38.7 Å². The molecule has 0 atom stereocenters. The lowest BCUT2D eigenvalue weighted by Crippen LogP contribution is -2.24. The Balaban J connectivity index is 2.45. The van der Waals surface area contributed by atoms with Gasteiger partial charge in [0, 0.05) is 5.75 Å². The van der Waals surface area contributed by atoms with Crippen LogP contribution in [0, 0.1) is 6.92 Å². The molecule has 0 spiro atoms. The number of rotatable bonds is 8. The fraction of sp³-hybridized carbons (Fsp3) is 0.571. The van der Waals surface area contributed by atoms with Gasteiger partial charge in [0.1, 0.15) is 0 Å². The van der Waals surface area contributed by atoms with Crippen LogP contribution in [0.15, 0.2) is 29.2 Å². The van der Waals surface area contributed by atoms with E-state index in [2.05, 4.69) is 18.7 Å². The molecule has 19 heavy (non-hydrogen) atoms. The van der Waals surface area contributed by atoms with Crippen LogP contribution < -0.4 is 0 Å². The van der Waals surface area contributed by atoms with E-state index in [0.717, 1.165) is 42.4 Å². The second-order valence-electron chi connectivity index (χ2n) is 4.47. The van der Waals surface area contributed by atoms with Gasteiger partial charge in [0.25, 0.3) is 0 Å². The first-order valence-corrected chi connectivity index (χ1v) is 9.66. The van der Waals surface area contributed by atoms with Crippen LogP contribution in [-0.2, 0) is 8.87 Å². The maximum atomic E-state index is 12.1. The van der Waals surface area contributed by atoms with Crippen molar-refractivity contribution in [3.05, 3.63) is 29.8 Å². The van der Waals surface area contributed by atoms with Crippen LogP contribution in [0.1, 0.15) is 25.8 Å². The minimum absolute atomic E-state index is 0.408. The Bertz CT molecular complexity index is 465. The summed E-state index contributed by atoms with van der Waals surface area (Å²) in [6.07, 6.45) is 0.900. The molecule has 0 aliphatic rings. The zero-order chi connectivity index (χ0) is 14.3. The van der Waals surface area contributed by atoms with Crippen molar-refractivity contribution in [3.8, 4) is 0 Å². The molecule has 0 saturated heterocycles. The minimum atomic E-state index is -3.19. The highest BCUT2D eigenvalue weighted by molar-refractivity contribution is 8.72. The maximum Gasteiger partial charge on any atom is 0.229 e. The molecule has 1 aromatic carbocycles. The lowest BCUT2D eigenvalue weighted by molar-refractivity contribution is 0.305. The molecule has 3 nitrogen and oxygen atoms in total. The van der Waals surface area contributed by atoms with Crippen molar-refractivity contribution in [2.45, 2.75) is 32.1 Å². The van der Waals surface area contributed by atoms with Crippen molar-refractivity contribution < 1.29 is 8.42 Å². The van der Waals surface area contributed by atoms with Crippen molar-refractivity contribution in [3.63, 3.8) is 0 Å². The van der Waals surface area contributed by atoms with E-state index < -0.39 is 8.87 Å². The molecule has 0 aliphatic carbocycles. The van der Waals surface area contributed by atoms with Gasteiger partial charge >= 0.3 is 0 Å². The van der Waals surface area contributed by atoms with Crippen LogP contribution in [0.5, 0.6) is 0 Å². The van der Waals surface area contributed by atoms with Gasteiger partial charge in [-0.2, -0.15) is 0 Å². The quantitative estimate of drug-likeness (QED) is 0.546. The third-order valence-corrected chi connectivity index (χ3v) is 6.68. The highest BCUT2D eigenvalue weighted by Crippen LogP contribution is 2.24. The largest absolute Gasteiger partial charge is 0.304 e. The fourth-order valence-electron chi connectivity index (χ4n) is 1.77. The van der Waals surface area contributed by atoms with Crippen molar-refractivity contribution >= 4 is 19.7 Å². The number of hydrogen-bond donors (Lipinski definition) is 0. The monoisotopic (exact) mass is 301 g/mol. The Kier molecular flexibility index (Phi) is 6.89. The van der Waals surface area contributed by atoms with Gasteiger partial charge in [-0.25, -0.2) is 8.42 Å². The number of nitrogens with zero attached hydrogens (tertiary/aromatic N) is 1. The van der Waals surface area contributed by atoms with E-state index in [1.807, 2.05) is 19.1 Å². The van der Waals surface area contributed by atoms with Gasteiger partial charge < -0.3 is 4.90 Å². The molecule has 0 unspecified atom stereocenters. The van der Waals surface area contributed by atoms with E-state index in [1.165, 1.54) is 0 Å². The van der Waals surface area contributed by atoms with Crippen molar-refractivity contribution in [2.24, 2.45) is 0 Å². The molecule has 0 amide bonds. The SMILES string of the molecule is CCN(CC)CCCSS(=O)(=O)c1ccc(C)cc1. The standard InChI is InChI=1S/C14H23NO2S2/c1-4-15(5-2)11-6-12-18-19(16,17)14-9-7-13(3)8-10-14/h7-10H,4-6,11-12H2,1-3H3. The van der Waals surface area contributed by atoms with Crippen molar-refractivity contribution in [1.29, 1.82) is 0 Å². The molecule has 1 rings (SSSR count). The highest BCUT2D eigenvalue weighted by Gasteiger charge is 2.14. The first-order valence-electron chi connectivity index (χ1n) is 6.68. The Labute approximate surface area is 120 Å². The molecule has 0 aliphatic heterocycles. The molecule has 0 radical (unpaired) electrons. The van der Waals surface area contributed by atoms with Gasteiger partial charge in [-0.15, -0.1) is 0 Å². The van der Waals surface area contributed by atoms with E-state index in [0.29, 0.717) is 10.6 Å². The average molecular weight is 301 g/mol. The molecular formula is C14H23NO2S2. The summed E-state index contributed by atoms with van der Waals surface area (Å²) in [5, 5.41) is 0. The minimum Gasteiger partial charge on any atom is -0.304 e. The summed E-state index contributed by atoms with van der Waals surface area (Å²) >= 11 is 0. The maximum absolute atomic E-state index is 12.1. The Morgan fingerprint density at radius 1 is 1.11 bits per heavy atom. The zero-order valence-corrected chi connectivity index (χ0v) is 13.6. The van der Waals surface area contributed by atoms with Gasteiger partial charge in [0.05, 0.1) is 4.90 Å². The molecule has 0 N–H and O–H groups in total. The second-order valence-corrected chi connectivity index (χ2v) is 8.52. The van der Waals surface area contributed by atoms with Gasteiger partial charge in [-0.05, 0) is 55.9 Å². The summed E-state index contributed by atoms with van der Waals surface area (Å²) in [6.45, 7) is 9.20. The summed E-state index contributed by atoms with van der Waals surface area (Å²) in [5.74, 6) is 0.646. The molecule has 0 bridgehead atoms. The molecule has 1 aromatic rings. The third kappa shape index (κ3) is 5.55. The lowest BCUT2D eigenvalue weighted by atomic mass is 10.2.